The van der Waals surface area contributed by atoms with Crippen molar-refractivity contribution in [3.05, 3.63) is 47.2 Å². The molecule has 4 rings (SSSR count). The normalized spacial score (nSPS) is 20.9. The molecule has 0 unspecified atom stereocenters. The Morgan fingerprint density at radius 3 is 2.62 bits per heavy atom. The van der Waals surface area contributed by atoms with Crippen LogP contribution in [-0.2, 0) is 13.0 Å². The Balaban J connectivity index is 1.60. The van der Waals surface area contributed by atoms with Crippen LogP contribution in [0.1, 0.15) is 49.4 Å². The maximum Gasteiger partial charge on any atom is 0.225 e. The average molecular weight is 322 g/mol. The van der Waals surface area contributed by atoms with E-state index in [2.05, 4.69) is 59.4 Å². The molecule has 1 N–H and O–H groups in total. The zero-order valence-corrected chi connectivity index (χ0v) is 14.6. The summed E-state index contributed by atoms with van der Waals surface area (Å²) in [7, 11) is 0. The quantitative estimate of drug-likeness (QED) is 0.924. The Kier molecular flexibility index (Phi) is 4.13. The first-order valence-electron chi connectivity index (χ1n) is 9.15. The van der Waals surface area contributed by atoms with Crippen LogP contribution in [0.25, 0.3) is 0 Å². The summed E-state index contributed by atoms with van der Waals surface area (Å²) in [5.74, 6) is 1.84. The first-order valence-corrected chi connectivity index (χ1v) is 9.15. The molecule has 126 valence electrons. The minimum absolute atomic E-state index is 0.452. The van der Waals surface area contributed by atoms with Crippen LogP contribution in [0.15, 0.2) is 30.3 Å². The van der Waals surface area contributed by atoms with Gasteiger partial charge < -0.3 is 10.2 Å². The number of hydrogen-bond donors (Lipinski definition) is 1. The number of hydrogen-bond acceptors (Lipinski definition) is 4. The van der Waals surface area contributed by atoms with Crippen LogP contribution >= 0.6 is 0 Å². The molecule has 0 spiro atoms. The molecule has 0 radical (unpaired) electrons. The number of rotatable bonds is 3. The topological polar surface area (TPSA) is 41.1 Å². The number of nitrogens with one attached hydrogen (secondary N) is 1. The summed E-state index contributed by atoms with van der Waals surface area (Å²) < 4.78 is 0. The second kappa shape index (κ2) is 6.42. The van der Waals surface area contributed by atoms with Gasteiger partial charge in [0.25, 0.3) is 0 Å². The lowest BCUT2D eigenvalue weighted by Gasteiger charge is -2.36. The Morgan fingerprint density at radius 2 is 1.83 bits per heavy atom. The molecular formula is C20H26N4. The number of nitrogens with zero attached hydrogens (tertiary/aromatic N) is 3. The third kappa shape index (κ3) is 3.10. The summed E-state index contributed by atoms with van der Waals surface area (Å²) in [6, 6.07) is 11.9. The van der Waals surface area contributed by atoms with Crippen molar-refractivity contribution >= 4 is 11.8 Å². The van der Waals surface area contributed by atoms with Gasteiger partial charge in [0.05, 0.1) is 0 Å². The second-order valence-electron chi connectivity index (χ2n) is 7.27. The van der Waals surface area contributed by atoms with Crippen molar-refractivity contribution in [3.63, 3.8) is 0 Å². The molecule has 4 heteroatoms. The van der Waals surface area contributed by atoms with Gasteiger partial charge in [-0.2, -0.15) is 4.98 Å². The molecule has 0 bridgehead atoms. The van der Waals surface area contributed by atoms with Crippen LogP contribution < -0.4 is 10.2 Å². The van der Waals surface area contributed by atoms with Crippen LogP contribution in [0.3, 0.4) is 0 Å². The standard InChI is InChI=1S/C20H26N4/c1-14-11-19(23-20(21-14)22-18-9-5-6-10-18)24-13-17-8-4-3-7-16(17)12-15(24)2/h3-4,7-8,11,15,18H,5-6,9-10,12-13H2,1-2H3,(H,21,22,23)/t15-/m1/s1. The number of aryl methyl sites for hydroxylation is 1. The van der Waals surface area contributed by atoms with E-state index in [0.29, 0.717) is 12.1 Å². The van der Waals surface area contributed by atoms with Gasteiger partial charge in [-0.05, 0) is 44.2 Å². The molecule has 1 aliphatic heterocycles. The first-order chi connectivity index (χ1) is 11.7. The van der Waals surface area contributed by atoms with Gasteiger partial charge in [0.15, 0.2) is 0 Å². The lowest BCUT2D eigenvalue weighted by molar-refractivity contribution is 0.586. The Bertz CT molecular complexity index is 721. The summed E-state index contributed by atoms with van der Waals surface area (Å²) in [4.78, 5) is 11.9. The third-order valence-electron chi connectivity index (χ3n) is 5.33. The summed E-state index contributed by atoms with van der Waals surface area (Å²) in [6.45, 7) is 5.28. The largest absolute Gasteiger partial charge is 0.351 e. The van der Waals surface area contributed by atoms with Crippen molar-refractivity contribution in [2.45, 2.75) is 64.6 Å². The van der Waals surface area contributed by atoms with E-state index in [9.17, 15) is 0 Å². The molecule has 24 heavy (non-hydrogen) atoms. The molecule has 1 aromatic heterocycles. The highest BCUT2D eigenvalue weighted by Crippen LogP contribution is 2.28. The first kappa shape index (κ1) is 15.4. The van der Waals surface area contributed by atoms with Crippen LogP contribution in [0.2, 0.25) is 0 Å². The molecule has 1 aliphatic carbocycles. The lowest BCUT2D eigenvalue weighted by Crippen LogP contribution is -2.39. The molecule has 2 aliphatic rings. The van der Waals surface area contributed by atoms with Crippen LogP contribution in [-0.4, -0.2) is 22.1 Å². The molecule has 0 saturated heterocycles. The van der Waals surface area contributed by atoms with Gasteiger partial charge in [-0.1, -0.05) is 37.1 Å². The minimum Gasteiger partial charge on any atom is -0.351 e. The van der Waals surface area contributed by atoms with E-state index in [1.54, 1.807) is 0 Å². The zero-order chi connectivity index (χ0) is 16.5. The molecule has 1 saturated carbocycles. The molecule has 1 aromatic carbocycles. The Hall–Kier alpha value is -2.10. The van der Waals surface area contributed by atoms with E-state index < -0.39 is 0 Å². The van der Waals surface area contributed by atoms with Crippen LogP contribution in [0.4, 0.5) is 11.8 Å². The SMILES string of the molecule is Cc1cc(N2Cc3ccccc3C[C@H]2C)nc(NC2CCCC2)n1. The molecule has 1 atom stereocenters. The van der Waals surface area contributed by atoms with Crippen LogP contribution in [0.5, 0.6) is 0 Å². The van der Waals surface area contributed by atoms with Gasteiger partial charge in [-0.15, -0.1) is 0 Å². The average Bonchev–Trinajstić information content (AvgIpc) is 3.06. The fraction of sp³-hybridized carbons (Fsp3) is 0.500. The predicted molar refractivity (Wildman–Crippen MR) is 98.4 cm³/mol. The molecule has 0 amide bonds. The van der Waals surface area contributed by atoms with E-state index in [1.165, 1.54) is 36.8 Å². The van der Waals surface area contributed by atoms with E-state index in [4.69, 9.17) is 4.98 Å². The smallest absolute Gasteiger partial charge is 0.225 e. The number of fused-ring (bicyclic) bond motifs is 1. The van der Waals surface area contributed by atoms with E-state index in [-0.39, 0.29) is 0 Å². The predicted octanol–water partition coefficient (Wildman–Crippen LogP) is 4.09. The lowest BCUT2D eigenvalue weighted by atomic mass is 9.95. The van der Waals surface area contributed by atoms with Crippen molar-refractivity contribution in [2.75, 3.05) is 10.2 Å². The van der Waals surface area contributed by atoms with Crippen molar-refractivity contribution in [2.24, 2.45) is 0 Å². The van der Waals surface area contributed by atoms with E-state index in [1.807, 2.05) is 0 Å². The second-order valence-corrected chi connectivity index (χ2v) is 7.27. The maximum atomic E-state index is 4.85. The third-order valence-corrected chi connectivity index (χ3v) is 5.33. The molecule has 4 nitrogen and oxygen atoms in total. The van der Waals surface area contributed by atoms with Gasteiger partial charge in [0.2, 0.25) is 5.95 Å². The summed E-state index contributed by atoms with van der Waals surface area (Å²) in [6.07, 6.45) is 6.18. The molecule has 2 heterocycles. The number of benzene rings is 1. The highest BCUT2D eigenvalue weighted by molar-refractivity contribution is 5.49. The van der Waals surface area contributed by atoms with Crippen molar-refractivity contribution in [3.8, 4) is 0 Å². The van der Waals surface area contributed by atoms with E-state index >= 15 is 0 Å². The maximum absolute atomic E-state index is 4.85. The Morgan fingerprint density at radius 1 is 1.08 bits per heavy atom. The van der Waals surface area contributed by atoms with Gasteiger partial charge in [0.1, 0.15) is 5.82 Å². The van der Waals surface area contributed by atoms with Crippen molar-refractivity contribution in [1.29, 1.82) is 0 Å². The summed E-state index contributed by atoms with van der Waals surface area (Å²) in [5, 5.41) is 3.55. The fourth-order valence-corrected chi connectivity index (χ4v) is 4.00. The molecule has 2 aromatic rings. The van der Waals surface area contributed by atoms with Gasteiger partial charge in [-0.3, -0.25) is 0 Å². The van der Waals surface area contributed by atoms with Crippen LogP contribution in [0, 0.1) is 6.92 Å². The van der Waals surface area contributed by atoms with Gasteiger partial charge in [0, 0.05) is 30.4 Å². The van der Waals surface area contributed by atoms with Gasteiger partial charge in [-0.25, -0.2) is 4.98 Å². The highest BCUT2D eigenvalue weighted by Gasteiger charge is 2.24. The highest BCUT2D eigenvalue weighted by atomic mass is 15.3. The number of anilines is 2. The van der Waals surface area contributed by atoms with E-state index in [0.717, 1.165) is 30.4 Å². The van der Waals surface area contributed by atoms with Crippen molar-refractivity contribution < 1.29 is 0 Å². The fourth-order valence-electron chi connectivity index (χ4n) is 4.00. The summed E-state index contributed by atoms with van der Waals surface area (Å²) in [5.41, 5.74) is 3.92. The molecular weight excluding hydrogens is 296 g/mol. The minimum atomic E-state index is 0.452. The summed E-state index contributed by atoms with van der Waals surface area (Å²) >= 11 is 0. The van der Waals surface area contributed by atoms with Crippen molar-refractivity contribution in [1.82, 2.24) is 9.97 Å². The number of aromatic nitrogens is 2. The Labute approximate surface area is 144 Å². The monoisotopic (exact) mass is 322 g/mol. The zero-order valence-electron chi connectivity index (χ0n) is 14.6. The molecule has 1 fully saturated rings. The van der Waals surface area contributed by atoms with Gasteiger partial charge >= 0.3 is 0 Å².